The molecule has 130 valence electrons. The molecule has 3 nitrogen and oxygen atoms in total. The van der Waals surface area contributed by atoms with Crippen LogP contribution in [0.4, 0.5) is 4.39 Å². The van der Waals surface area contributed by atoms with E-state index in [4.69, 9.17) is 0 Å². The summed E-state index contributed by atoms with van der Waals surface area (Å²) in [6.45, 7) is 1.40. The van der Waals surface area contributed by atoms with Gasteiger partial charge in [-0.1, -0.05) is 36.4 Å². The van der Waals surface area contributed by atoms with Gasteiger partial charge in [0, 0.05) is 10.5 Å². The highest BCUT2D eigenvalue weighted by Crippen LogP contribution is 2.41. The normalized spacial score (nSPS) is 15.3. The Kier molecular flexibility index (Phi) is 5.23. The summed E-state index contributed by atoms with van der Waals surface area (Å²) in [6.07, 6.45) is 2.94. The molecule has 0 atom stereocenters. The van der Waals surface area contributed by atoms with Gasteiger partial charge in [-0.25, -0.2) is 4.39 Å². The summed E-state index contributed by atoms with van der Waals surface area (Å²) in [4.78, 5) is 24.0. The summed E-state index contributed by atoms with van der Waals surface area (Å²) >= 11 is 1.15. The summed E-state index contributed by atoms with van der Waals surface area (Å²) in [5.41, 5.74) is 1.18. The first kappa shape index (κ1) is 17.7. The SMILES string of the molecule is CC(=O)c1ccc(SCC(=O)NC2(c3ccccc3)CCC2)c(F)c1. The molecular weight excluding hydrogens is 337 g/mol. The van der Waals surface area contributed by atoms with E-state index in [-0.39, 0.29) is 23.0 Å². The molecule has 0 aromatic heterocycles. The number of hydrogen-bond acceptors (Lipinski definition) is 3. The second-order valence-corrected chi connectivity index (χ2v) is 7.36. The molecule has 0 radical (unpaired) electrons. The number of carbonyl (C=O) groups is 2. The molecule has 0 heterocycles. The smallest absolute Gasteiger partial charge is 0.231 e. The molecular formula is C20H20FNO2S. The molecule has 1 amide bonds. The summed E-state index contributed by atoms with van der Waals surface area (Å²) in [5, 5.41) is 3.13. The first-order valence-electron chi connectivity index (χ1n) is 8.30. The maximum absolute atomic E-state index is 14.0. The summed E-state index contributed by atoms with van der Waals surface area (Å²) in [5.74, 6) is -0.608. The largest absolute Gasteiger partial charge is 0.346 e. The monoisotopic (exact) mass is 357 g/mol. The third-order valence-electron chi connectivity index (χ3n) is 4.61. The predicted molar refractivity (Wildman–Crippen MR) is 97.2 cm³/mol. The number of amides is 1. The van der Waals surface area contributed by atoms with E-state index in [1.807, 2.05) is 30.3 Å². The topological polar surface area (TPSA) is 46.2 Å². The van der Waals surface area contributed by atoms with E-state index in [9.17, 15) is 14.0 Å². The van der Waals surface area contributed by atoms with E-state index >= 15 is 0 Å². The lowest BCUT2D eigenvalue weighted by atomic mass is 9.72. The molecule has 1 fully saturated rings. The van der Waals surface area contributed by atoms with Crippen LogP contribution in [0, 0.1) is 5.82 Å². The fourth-order valence-electron chi connectivity index (χ4n) is 3.06. The lowest BCUT2D eigenvalue weighted by molar-refractivity contribution is -0.121. The van der Waals surface area contributed by atoms with Crippen LogP contribution in [-0.4, -0.2) is 17.4 Å². The predicted octanol–water partition coefficient (Wildman–Crippen LogP) is 4.32. The average molecular weight is 357 g/mol. The van der Waals surface area contributed by atoms with E-state index in [1.54, 1.807) is 12.1 Å². The third-order valence-corrected chi connectivity index (χ3v) is 5.66. The molecule has 25 heavy (non-hydrogen) atoms. The molecule has 0 bridgehead atoms. The number of nitrogens with one attached hydrogen (secondary N) is 1. The zero-order chi connectivity index (χ0) is 17.9. The number of thioether (sulfide) groups is 1. The summed E-state index contributed by atoms with van der Waals surface area (Å²) < 4.78 is 14.0. The summed E-state index contributed by atoms with van der Waals surface area (Å²) in [7, 11) is 0. The van der Waals surface area contributed by atoms with Crippen LogP contribution in [-0.2, 0) is 10.3 Å². The molecule has 0 saturated heterocycles. The van der Waals surface area contributed by atoms with Gasteiger partial charge in [-0.3, -0.25) is 9.59 Å². The Labute approximate surface area is 151 Å². The van der Waals surface area contributed by atoms with Crippen LogP contribution in [0.1, 0.15) is 42.1 Å². The molecule has 0 aliphatic heterocycles. The van der Waals surface area contributed by atoms with Crippen molar-refractivity contribution in [1.82, 2.24) is 5.32 Å². The molecule has 3 rings (SSSR count). The highest BCUT2D eigenvalue weighted by molar-refractivity contribution is 8.00. The second-order valence-electron chi connectivity index (χ2n) is 6.34. The van der Waals surface area contributed by atoms with Gasteiger partial charge < -0.3 is 5.32 Å². The standard InChI is InChI=1S/C20H20FNO2S/c1-14(23)15-8-9-18(17(21)12-15)25-13-19(24)22-20(10-5-11-20)16-6-3-2-4-7-16/h2-4,6-9,12H,5,10-11,13H2,1H3,(H,22,24). The molecule has 2 aromatic carbocycles. The number of Topliss-reactive ketones (excluding diaryl/α,β-unsaturated/α-hetero) is 1. The Morgan fingerprint density at radius 3 is 2.44 bits per heavy atom. The highest BCUT2D eigenvalue weighted by Gasteiger charge is 2.39. The van der Waals surface area contributed by atoms with Crippen molar-refractivity contribution in [2.45, 2.75) is 36.6 Å². The van der Waals surface area contributed by atoms with Crippen molar-refractivity contribution < 1.29 is 14.0 Å². The molecule has 1 saturated carbocycles. The lowest BCUT2D eigenvalue weighted by Gasteiger charge is -2.43. The molecule has 0 unspecified atom stereocenters. The zero-order valence-corrected chi connectivity index (χ0v) is 14.9. The molecule has 0 spiro atoms. The minimum absolute atomic E-state index is 0.108. The van der Waals surface area contributed by atoms with Gasteiger partial charge in [0.1, 0.15) is 5.82 Å². The molecule has 2 aromatic rings. The van der Waals surface area contributed by atoms with Crippen molar-refractivity contribution in [3.05, 3.63) is 65.5 Å². The first-order chi connectivity index (χ1) is 12.0. The van der Waals surface area contributed by atoms with E-state index in [2.05, 4.69) is 5.32 Å². The molecule has 1 N–H and O–H groups in total. The number of carbonyl (C=O) groups excluding carboxylic acids is 2. The van der Waals surface area contributed by atoms with Gasteiger partial charge in [-0.05, 0) is 43.9 Å². The van der Waals surface area contributed by atoms with E-state index in [0.717, 1.165) is 36.6 Å². The zero-order valence-electron chi connectivity index (χ0n) is 14.0. The summed E-state index contributed by atoms with van der Waals surface area (Å²) in [6, 6.07) is 14.3. The maximum Gasteiger partial charge on any atom is 0.231 e. The van der Waals surface area contributed by atoms with E-state index < -0.39 is 5.82 Å². The molecule has 5 heteroatoms. The fraction of sp³-hybridized carbons (Fsp3) is 0.300. The minimum Gasteiger partial charge on any atom is -0.346 e. The van der Waals surface area contributed by atoms with Crippen molar-refractivity contribution in [2.24, 2.45) is 0 Å². The quantitative estimate of drug-likeness (QED) is 0.619. The number of halogens is 1. The van der Waals surface area contributed by atoms with Crippen LogP contribution in [0.3, 0.4) is 0 Å². The van der Waals surface area contributed by atoms with Crippen LogP contribution in [0.2, 0.25) is 0 Å². The maximum atomic E-state index is 14.0. The third kappa shape index (κ3) is 3.93. The molecule has 1 aliphatic rings. The van der Waals surface area contributed by atoms with Crippen molar-refractivity contribution in [3.8, 4) is 0 Å². The lowest BCUT2D eigenvalue weighted by Crippen LogP contribution is -2.51. The number of benzene rings is 2. The number of ketones is 1. The van der Waals surface area contributed by atoms with Crippen LogP contribution in [0.5, 0.6) is 0 Å². The van der Waals surface area contributed by atoms with Gasteiger partial charge in [0.15, 0.2) is 5.78 Å². The van der Waals surface area contributed by atoms with Crippen molar-refractivity contribution in [1.29, 1.82) is 0 Å². The Balaban J connectivity index is 1.62. The Morgan fingerprint density at radius 1 is 1.16 bits per heavy atom. The van der Waals surface area contributed by atoms with Crippen LogP contribution < -0.4 is 5.32 Å². The Bertz CT molecular complexity index is 788. The molecule has 1 aliphatic carbocycles. The van der Waals surface area contributed by atoms with Gasteiger partial charge in [0.05, 0.1) is 11.3 Å². The van der Waals surface area contributed by atoms with Gasteiger partial charge in [0.25, 0.3) is 0 Å². The minimum atomic E-state index is -0.466. The van der Waals surface area contributed by atoms with Crippen molar-refractivity contribution >= 4 is 23.5 Å². The van der Waals surface area contributed by atoms with Crippen LogP contribution in [0.25, 0.3) is 0 Å². The van der Waals surface area contributed by atoms with Crippen LogP contribution in [0.15, 0.2) is 53.4 Å². The number of hydrogen-bond donors (Lipinski definition) is 1. The second kappa shape index (κ2) is 7.40. The van der Waals surface area contributed by atoms with Crippen LogP contribution >= 0.6 is 11.8 Å². The van der Waals surface area contributed by atoms with E-state index in [0.29, 0.717) is 10.5 Å². The van der Waals surface area contributed by atoms with Gasteiger partial charge in [0.2, 0.25) is 5.91 Å². The van der Waals surface area contributed by atoms with Gasteiger partial charge >= 0.3 is 0 Å². The van der Waals surface area contributed by atoms with Crippen molar-refractivity contribution in [3.63, 3.8) is 0 Å². The van der Waals surface area contributed by atoms with E-state index in [1.165, 1.54) is 13.0 Å². The Morgan fingerprint density at radius 2 is 1.88 bits per heavy atom. The van der Waals surface area contributed by atoms with Crippen molar-refractivity contribution in [2.75, 3.05) is 5.75 Å². The number of rotatable bonds is 6. The fourth-order valence-corrected chi connectivity index (χ4v) is 3.78. The Hall–Kier alpha value is -2.14. The van der Waals surface area contributed by atoms with Gasteiger partial charge in [-0.15, -0.1) is 11.8 Å². The average Bonchev–Trinajstić information content (AvgIpc) is 2.57. The highest BCUT2D eigenvalue weighted by atomic mass is 32.2. The first-order valence-corrected chi connectivity index (χ1v) is 9.29. The van der Waals surface area contributed by atoms with Gasteiger partial charge in [-0.2, -0.15) is 0 Å².